The first kappa shape index (κ1) is 38.9. The molecular weight excluding hydrogens is 517 g/mol. The van der Waals surface area contributed by atoms with Gasteiger partial charge in [-0.1, -0.05) is 0 Å². The Balaban J connectivity index is 0. The van der Waals surface area contributed by atoms with Gasteiger partial charge in [0.2, 0.25) is 0 Å². The molecule has 5 heteroatoms. The first-order valence-corrected chi connectivity index (χ1v) is 0. The standard InChI is InChI=1S/2Nb.Ni.Pb.Zn. The molecule has 0 bridgehead atoms. The monoisotopic (exact) mass is 516 g/mol. The molecule has 0 atom stereocenters. The van der Waals surface area contributed by atoms with E-state index in [4.69, 9.17) is 0 Å². The van der Waals surface area contributed by atoms with Crippen LogP contribution in [0.15, 0.2) is 0 Å². The second-order valence-corrected chi connectivity index (χ2v) is 0. The van der Waals surface area contributed by atoms with E-state index in [1.165, 1.54) is 0 Å². The van der Waals surface area contributed by atoms with Crippen LogP contribution in [0.25, 0.3) is 0 Å². The third-order valence-corrected chi connectivity index (χ3v) is 0. The van der Waals surface area contributed by atoms with Gasteiger partial charge >= 0.3 is 0 Å². The van der Waals surface area contributed by atoms with E-state index in [2.05, 4.69) is 0 Å². The fourth-order valence-corrected chi connectivity index (χ4v) is 0. The molecule has 0 aliphatic heterocycles. The summed E-state index contributed by atoms with van der Waals surface area (Å²) in [5.41, 5.74) is 0. The van der Waals surface area contributed by atoms with Crippen molar-refractivity contribution in [2.75, 3.05) is 0 Å². The van der Waals surface area contributed by atoms with Crippen LogP contribution < -0.4 is 0 Å². The van der Waals surface area contributed by atoms with Gasteiger partial charge in [-0.2, -0.15) is 0 Å². The van der Waals surface area contributed by atoms with Gasteiger partial charge in [-0.05, 0) is 0 Å². The molecule has 0 aromatic rings. The quantitative estimate of drug-likeness (QED) is 0.385. The fourth-order valence-electron chi connectivity index (χ4n) is 0. The minimum absolute atomic E-state index is 0. The number of rotatable bonds is 0. The Morgan fingerprint density at radius 1 is 0.800 bits per heavy atom. The van der Waals surface area contributed by atoms with Crippen molar-refractivity contribution < 1.29 is 80.7 Å². The molecular formula is Nb2NiPbZn. The van der Waals surface area contributed by atoms with Crippen molar-refractivity contribution >= 4 is 27.3 Å². The zero-order valence-corrected chi connectivity index (χ0v) is 14.7. The Labute approximate surface area is 106 Å². The Kier molecular flexibility index (Phi) is 201. The van der Waals surface area contributed by atoms with Gasteiger partial charge in [0.25, 0.3) is 0 Å². The smallest absolute Gasteiger partial charge is 0 e. The first-order chi connectivity index (χ1) is 0. The van der Waals surface area contributed by atoms with Gasteiger partial charge in [0.15, 0.2) is 0 Å². The third-order valence-electron chi connectivity index (χ3n) is 0. The van der Waals surface area contributed by atoms with Gasteiger partial charge in [0.05, 0.1) is 0 Å². The van der Waals surface area contributed by atoms with Crippen LogP contribution in [-0.4, -0.2) is 27.3 Å². The van der Waals surface area contributed by atoms with E-state index < -0.39 is 0 Å². The van der Waals surface area contributed by atoms with E-state index in [9.17, 15) is 0 Å². The second kappa shape index (κ2) is 25.8. The van der Waals surface area contributed by atoms with Crippen LogP contribution >= 0.6 is 0 Å². The summed E-state index contributed by atoms with van der Waals surface area (Å²) in [6.45, 7) is 0. The van der Waals surface area contributed by atoms with Crippen LogP contribution in [0.4, 0.5) is 0 Å². The van der Waals surface area contributed by atoms with Crippen molar-refractivity contribution in [3.63, 3.8) is 0 Å². The maximum Gasteiger partial charge on any atom is 0 e. The molecule has 6 radical (unpaired) electrons. The van der Waals surface area contributed by atoms with Gasteiger partial charge in [0, 0.05) is 108 Å². The summed E-state index contributed by atoms with van der Waals surface area (Å²) >= 11 is 0. The maximum absolute atomic E-state index is 0. The van der Waals surface area contributed by atoms with Gasteiger partial charge in [-0.3, -0.25) is 0 Å². The van der Waals surface area contributed by atoms with Gasteiger partial charge in [0.1, 0.15) is 0 Å². The first-order valence-electron chi connectivity index (χ1n) is 0. The molecule has 0 saturated carbocycles. The molecule has 26 valence electrons. The van der Waals surface area contributed by atoms with Crippen molar-refractivity contribution in [1.82, 2.24) is 0 Å². The Bertz CT molecular complexity index is 9.61. The van der Waals surface area contributed by atoms with E-state index >= 15 is 0 Å². The molecule has 0 nitrogen and oxygen atoms in total. The van der Waals surface area contributed by atoms with Crippen molar-refractivity contribution in [2.24, 2.45) is 0 Å². The summed E-state index contributed by atoms with van der Waals surface area (Å²) < 4.78 is 0. The average Bonchev–Trinajstić information content (AvgIpc) is 0. The van der Waals surface area contributed by atoms with Crippen molar-refractivity contribution in [1.29, 1.82) is 0 Å². The summed E-state index contributed by atoms with van der Waals surface area (Å²) in [5, 5.41) is 0. The normalized spacial score (nSPS) is 0. The van der Waals surface area contributed by atoms with E-state index in [1.807, 2.05) is 0 Å². The van der Waals surface area contributed by atoms with Gasteiger partial charge in [-0.25, -0.2) is 0 Å². The Morgan fingerprint density at radius 2 is 0.800 bits per heavy atom. The molecule has 0 heterocycles. The molecule has 0 aromatic heterocycles. The van der Waals surface area contributed by atoms with Crippen LogP contribution in [0, 0.1) is 0 Å². The van der Waals surface area contributed by atoms with Crippen LogP contribution in [0.3, 0.4) is 0 Å². The minimum atomic E-state index is 0. The molecule has 0 N–H and O–H groups in total. The van der Waals surface area contributed by atoms with Crippen molar-refractivity contribution in [3.05, 3.63) is 0 Å². The molecule has 0 aliphatic rings. The second-order valence-electron chi connectivity index (χ2n) is 0. The zero-order chi connectivity index (χ0) is 0. The molecule has 0 rings (SSSR count). The van der Waals surface area contributed by atoms with E-state index in [0.29, 0.717) is 0 Å². The maximum atomic E-state index is 0. The van der Waals surface area contributed by atoms with E-state index in [1.54, 1.807) is 0 Å². The van der Waals surface area contributed by atoms with Crippen LogP contribution in [-0.2, 0) is 80.7 Å². The van der Waals surface area contributed by atoms with Crippen LogP contribution in [0.2, 0.25) is 0 Å². The fraction of sp³-hybridized carbons (Fsp3) is 0. The molecule has 5 heavy (non-hydrogen) atoms. The van der Waals surface area contributed by atoms with E-state index in [-0.39, 0.29) is 108 Å². The molecule has 0 amide bonds. The van der Waals surface area contributed by atoms with Crippen molar-refractivity contribution in [2.45, 2.75) is 0 Å². The molecule has 0 unspecified atom stereocenters. The van der Waals surface area contributed by atoms with Gasteiger partial charge in [-0.15, -0.1) is 0 Å². The molecule has 0 fully saturated rings. The largest absolute Gasteiger partial charge is 0 e. The van der Waals surface area contributed by atoms with Crippen LogP contribution in [0.1, 0.15) is 0 Å². The summed E-state index contributed by atoms with van der Waals surface area (Å²) in [6, 6.07) is 0. The molecule has 0 aromatic carbocycles. The minimum Gasteiger partial charge on any atom is 0 e. The summed E-state index contributed by atoms with van der Waals surface area (Å²) in [5.74, 6) is 0. The molecule has 0 saturated heterocycles. The zero-order valence-electron chi connectivity index (χ0n) is 2.42. The topological polar surface area (TPSA) is 0 Å². The number of hydrogen-bond donors (Lipinski definition) is 0. The van der Waals surface area contributed by atoms with Crippen molar-refractivity contribution in [3.8, 4) is 0 Å². The summed E-state index contributed by atoms with van der Waals surface area (Å²) in [7, 11) is 0. The average molecular weight is 517 g/mol. The van der Waals surface area contributed by atoms with Crippen LogP contribution in [0.5, 0.6) is 0 Å². The van der Waals surface area contributed by atoms with E-state index in [0.717, 1.165) is 0 Å². The van der Waals surface area contributed by atoms with Gasteiger partial charge < -0.3 is 0 Å². The summed E-state index contributed by atoms with van der Waals surface area (Å²) in [4.78, 5) is 0. The SMILES string of the molecule is [Nb].[Nb].[Ni].[Pb].[Zn]. The predicted molar refractivity (Wildman–Crippen MR) is 5.75 cm³/mol. The number of hydrogen-bond acceptors (Lipinski definition) is 0. The molecule has 0 spiro atoms. The third kappa shape index (κ3) is 18.5. The predicted octanol–water partition coefficient (Wildman–Crippen LogP) is -0.391. The summed E-state index contributed by atoms with van der Waals surface area (Å²) in [6.07, 6.45) is 0. The molecule has 0 aliphatic carbocycles. The Morgan fingerprint density at radius 3 is 0.800 bits per heavy atom. The Hall–Kier alpha value is 3.52.